The average molecular weight is 659 g/mol. The summed E-state index contributed by atoms with van der Waals surface area (Å²) in [5.41, 5.74) is 5.35. The molecule has 262 valence electrons. The summed E-state index contributed by atoms with van der Waals surface area (Å²) in [7, 11) is 0. The Labute approximate surface area is 289 Å². The number of hydrogen-bond donors (Lipinski definition) is 2. The minimum atomic E-state index is -1.11. The molecule has 0 aromatic rings. The second-order valence-corrected chi connectivity index (χ2v) is 15.9. The summed E-state index contributed by atoms with van der Waals surface area (Å²) in [5.74, 6) is -0.244. The molecule has 6 nitrogen and oxygen atoms in total. The third kappa shape index (κ3) is 9.66. The average Bonchev–Trinajstić information content (AvgIpc) is 3.53. The van der Waals surface area contributed by atoms with E-state index in [9.17, 15) is 19.8 Å². The Morgan fingerprint density at radius 2 is 1.38 bits per heavy atom. The highest BCUT2D eigenvalue weighted by molar-refractivity contribution is 5.96. The van der Waals surface area contributed by atoms with Crippen LogP contribution in [0.3, 0.4) is 0 Å². The molecule has 5 atom stereocenters. The van der Waals surface area contributed by atoms with Crippen LogP contribution < -0.4 is 0 Å². The summed E-state index contributed by atoms with van der Waals surface area (Å²) in [6, 6.07) is 0. The molecule has 3 rings (SSSR count). The molecule has 0 aromatic carbocycles. The van der Waals surface area contributed by atoms with Crippen molar-refractivity contribution in [2.75, 3.05) is 0 Å². The molecule has 2 unspecified atom stereocenters. The maximum atomic E-state index is 13.1. The molecule has 1 heterocycles. The largest absolute Gasteiger partial charge is 0.462 e. The van der Waals surface area contributed by atoms with E-state index in [1.165, 1.54) is 6.92 Å². The molecular formula is C42H58O6. The Balaban J connectivity index is 1.54. The zero-order chi connectivity index (χ0) is 36.1. The molecule has 3 aliphatic rings. The fourth-order valence-electron chi connectivity index (χ4n) is 7.76. The smallest absolute Gasteiger partial charge is 0.302 e. The number of ketones is 1. The molecule has 3 fully saturated rings. The summed E-state index contributed by atoms with van der Waals surface area (Å²) in [6.07, 6.45) is 23.6. The first-order valence-electron chi connectivity index (χ1n) is 17.1. The van der Waals surface area contributed by atoms with Crippen LogP contribution in [0.5, 0.6) is 0 Å². The van der Waals surface area contributed by atoms with Gasteiger partial charge in [-0.3, -0.25) is 9.59 Å². The number of Topliss-reactive ketones (excluding diaryl/α,β-unsaturated/α-hetero) is 1. The molecule has 0 radical (unpaired) electrons. The zero-order valence-electron chi connectivity index (χ0n) is 31.1. The Morgan fingerprint density at radius 3 is 1.92 bits per heavy atom. The van der Waals surface area contributed by atoms with Crippen LogP contribution in [0, 0.1) is 10.8 Å². The van der Waals surface area contributed by atoms with Gasteiger partial charge in [0.1, 0.15) is 11.7 Å². The summed E-state index contributed by atoms with van der Waals surface area (Å²) >= 11 is 0. The zero-order valence-corrected chi connectivity index (χ0v) is 31.1. The molecule has 0 amide bonds. The van der Waals surface area contributed by atoms with E-state index in [2.05, 4.69) is 19.6 Å². The lowest BCUT2D eigenvalue weighted by Crippen LogP contribution is -2.48. The maximum Gasteiger partial charge on any atom is 0.302 e. The molecule has 1 aliphatic heterocycles. The first-order chi connectivity index (χ1) is 22.1. The molecule has 2 N–H and O–H groups in total. The molecule has 0 spiro atoms. The highest BCUT2D eigenvalue weighted by Gasteiger charge is 2.76. The van der Waals surface area contributed by atoms with Crippen LogP contribution in [-0.4, -0.2) is 51.0 Å². The van der Waals surface area contributed by atoms with Gasteiger partial charge in [0, 0.05) is 31.8 Å². The summed E-state index contributed by atoms with van der Waals surface area (Å²) in [5, 5.41) is 21.4. The fraction of sp³-hybridized carbons (Fsp3) is 0.548. The van der Waals surface area contributed by atoms with Crippen molar-refractivity contribution in [1.29, 1.82) is 0 Å². The van der Waals surface area contributed by atoms with Gasteiger partial charge in [0.25, 0.3) is 0 Å². The van der Waals surface area contributed by atoms with Crippen molar-refractivity contribution >= 4 is 11.8 Å². The Kier molecular flexibility index (Phi) is 12.3. The molecule has 1 saturated heterocycles. The molecule has 2 saturated carbocycles. The van der Waals surface area contributed by atoms with Crippen LogP contribution in [0.1, 0.15) is 108 Å². The summed E-state index contributed by atoms with van der Waals surface area (Å²) in [4.78, 5) is 24.5. The third-order valence-electron chi connectivity index (χ3n) is 10.1. The van der Waals surface area contributed by atoms with Gasteiger partial charge in [0.2, 0.25) is 0 Å². The number of hydrogen-bond acceptors (Lipinski definition) is 6. The van der Waals surface area contributed by atoms with Gasteiger partial charge in [-0.25, -0.2) is 0 Å². The van der Waals surface area contributed by atoms with E-state index < -0.39 is 16.8 Å². The van der Waals surface area contributed by atoms with Crippen molar-refractivity contribution in [3.63, 3.8) is 0 Å². The lowest BCUT2D eigenvalue weighted by molar-refractivity contribution is -0.152. The fourth-order valence-corrected chi connectivity index (χ4v) is 7.76. The highest BCUT2D eigenvalue weighted by Crippen LogP contribution is 2.67. The normalized spacial score (nSPS) is 32.4. The predicted octanol–water partition coefficient (Wildman–Crippen LogP) is 8.69. The van der Waals surface area contributed by atoms with Gasteiger partial charge < -0.3 is 19.7 Å². The van der Waals surface area contributed by atoms with E-state index in [1.54, 1.807) is 6.92 Å². The van der Waals surface area contributed by atoms with Crippen molar-refractivity contribution < 1.29 is 29.3 Å². The second kappa shape index (κ2) is 15.1. The van der Waals surface area contributed by atoms with Crippen LogP contribution in [0.25, 0.3) is 0 Å². The van der Waals surface area contributed by atoms with Crippen molar-refractivity contribution in [3.8, 4) is 0 Å². The number of epoxide rings is 1. The van der Waals surface area contributed by atoms with E-state index in [1.807, 2.05) is 115 Å². The van der Waals surface area contributed by atoms with E-state index in [0.717, 1.165) is 22.3 Å². The first kappa shape index (κ1) is 39.2. The number of allylic oxidation sites excluding steroid dienone is 14. The topological polar surface area (TPSA) is 96.4 Å². The van der Waals surface area contributed by atoms with Crippen LogP contribution in [0.4, 0.5) is 0 Å². The van der Waals surface area contributed by atoms with Crippen molar-refractivity contribution in [2.45, 2.75) is 137 Å². The van der Waals surface area contributed by atoms with E-state index in [0.29, 0.717) is 37.7 Å². The minimum absolute atomic E-state index is 0.0816. The van der Waals surface area contributed by atoms with Crippen molar-refractivity contribution in [1.82, 2.24) is 0 Å². The number of ether oxygens (including phenoxy) is 2. The number of carbonyl (C=O) groups excluding carboxylic acids is 2. The molecular weight excluding hydrogens is 600 g/mol. The van der Waals surface area contributed by atoms with E-state index >= 15 is 0 Å². The highest BCUT2D eigenvalue weighted by atomic mass is 16.6. The van der Waals surface area contributed by atoms with Crippen LogP contribution >= 0.6 is 0 Å². The van der Waals surface area contributed by atoms with E-state index in [-0.39, 0.29) is 34.8 Å². The van der Waals surface area contributed by atoms with Crippen molar-refractivity contribution in [3.05, 3.63) is 100 Å². The van der Waals surface area contributed by atoms with E-state index in [4.69, 9.17) is 9.47 Å². The monoisotopic (exact) mass is 658 g/mol. The molecule has 0 aromatic heterocycles. The lowest BCUT2D eigenvalue weighted by Gasteiger charge is -2.44. The third-order valence-corrected chi connectivity index (χ3v) is 10.1. The minimum Gasteiger partial charge on any atom is -0.462 e. The van der Waals surface area contributed by atoms with Gasteiger partial charge in [-0.05, 0) is 82.4 Å². The molecule has 0 bridgehead atoms. The number of aliphatic hydroxyl groups excluding tert-OH is 1. The Bertz CT molecular complexity index is 1510. The van der Waals surface area contributed by atoms with Gasteiger partial charge in [-0.2, -0.15) is 0 Å². The predicted molar refractivity (Wildman–Crippen MR) is 194 cm³/mol. The number of aliphatic hydroxyl groups is 2. The van der Waals surface area contributed by atoms with Gasteiger partial charge >= 0.3 is 5.97 Å². The standard InChI is InChI=1S/C42H58O6/c1-29(18-14-19-31(3)22-23-37-38(6,7)26-35(47-33(5)43)27-40(37,10)46)16-12-13-17-30(2)20-15-21-32(4)36(45)28-42-39(8,9)24-34(44)25-41(42,11)48-42/h12-22,34-35,44,46H,24-28H2,1-11H3/t23?,34?,35?,40-,41-,42+/m1/s1. The Hall–Kier alpha value is -3.28. The lowest BCUT2D eigenvalue weighted by atomic mass is 9.61. The van der Waals surface area contributed by atoms with Gasteiger partial charge in [-0.1, -0.05) is 99.6 Å². The quantitative estimate of drug-likeness (QED) is 0.0758. The van der Waals surface area contributed by atoms with Gasteiger partial charge in [-0.15, -0.1) is 5.73 Å². The summed E-state index contributed by atoms with van der Waals surface area (Å²) < 4.78 is 11.6. The number of carbonyl (C=O) groups is 2. The van der Waals surface area contributed by atoms with Gasteiger partial charge in [0.05, 0.1) is 17.3 Å². The molecule has 48 heavy (non-hydrogen) atoms. The number of rotatable bonds is 11. The van der Waals surface area contributed by atoms with Crippen molar-refractivity contribution in [2.24, 2.45) is 10.8 Å². The first-order valence-corrected chi connectivity index (χ1v) is 17.1. The van der Waals surface area contributed by atoms with Crippen LogP contribution in [0.15, 0.2) is 100 Å². The second-order valence-electron chi connectivity index (χ2n) is 15.9. The maximum absolute atomic E-state index is 13.1. The number of fused-ring (bicyclic) bond motifs is 1. The van der Waals surface area contributed by atoms with Crippen LogP contribution in [0.2, 0.25) is 0 Å². The number of esters is 1. The Morgan fingerprint density at radius 1 is 0.812 bits per heavy atom. The summed E-state index contributed by atoms with van der Waals surface area (Å²) in [6.45, 7) is 21.4. The molecule has 2 aliphatic carbocycles. The van der Waals surface area contributed by atoms with Crippen LogP contribution in [-0.2, 0) is 19.1 Å². The SMILES string of the molecule is CC(=O)OC1CC(C)(C)C(=C=CC(C)=CC=CC(C)=CC=CC=C(C)C=CC=C(C)C(=O)C[C@@]23O[C@]2(C)CC(O)CC3(C)C)[C@](C)(O)C1. The van der Waals surface area contributed by atoms with Gasteiger partial charge in [0.15, 0.2) is 5.78 Å². The molecule has 6 heteroatoms.